The minimum absolute atomic E-state index is 0.0272. The van der Waals surface area contributed by atoms with E-state index in [0.29, 0.717) is 0 Å². The maximum absolute atomic E-state index is 6.66. The Labute approximate surface area is 441 Å². The Balaban J connectivity index is 1.14. The number of nitrogens with two attached hydrogens (primary N) is 1. The zero-order valence-electron chi connectivity index (χ0n) is 45.5. The molecule has 0 saturated heterocycles. The summed E-state index contributed by atoms with van der Waals surface area (Å²) in [6.45, 7) is 26.2. The van der Waals surface area contributed by atoms with E-state index in [4.69, 9.17) is 5.73 Å². The van der Waals surface area contributed by atoms with Crippen molar-refractivity contribution in [2.75, 3.05) is 20.4 Å². The number of nitrogen functional groups attached to an aromatic ring is 1. The van der Waals surface area contributed by atoms with Crippen LogP contribution in [0.4, 0.5) is 51.2 Å². The lowest BCUT2D eigenvalue weighted by atomic mass is 9.33. The summed E-state index contributed by atoms with van der Waals surface area (Å²) in [6, 6.07) is 61.3. The second-order valence-electron chi connectivity index (χ2n) is 26.0. The van der Waals surface area contributed by atoms with Crippen LogP contribution in [-0.4, -0.2) is 12.3 Å². The molecule has 370 valence electrons. The van der Waals surface area contributed by atoms with Crippen molar-refractivity contribution in [3.05, 3.63) is 191 Å². The van der Waals surface area contributed by atoms with Crippen LogP contribution in [-0.2, 0) is 29.1 Å². The van der Waals surface area contributed by atoms with Gasteiger partial charge in [0.15, 0.2) is 0 Å². The van der Waals surface area contributed by atoms with Gasteiger partial charge in [0.2, 0.25) is 0 Å². The quantitative estimate of drug-likeness (QED) is 0.138. The van der Waals surface area contributed by atoms with Gasteiger partial charge in [-0.2, -0.15) is 0 Å². The third-order valence-corrected chi connectivity index (χ3v) is 18.4. The standard InChI is InChI=1S/C69H71BN4/c1-43-33-62-64-63(34-43)73(58-28-24-49(66(5,6)7)38-53(58)45-21-16-13-17-22-45)61-36-47-42-67(8,9)41-46(47)35-55(61)70(64)56-40-51(74-59-29-25-50(71)39-54(59)68(10)31-18-32-69(68,74)11)26-30-60(56)72(62)57-27-23-48(65(2,3)4)37-52(57)44-19-14-12-15-20-44/h12-17,19-30,33-40H,18,31-32,41-42,71H2,1-11H3. The Morgan fingerprint density at radius 3 is 1.61 bits per heavy atom. The molecule has 8 aromatic rings. The summed E-state index contributed by atoms with van der Waals surface area (Å²) in [4.78, 5) is 8.05. The molecule has 4 nitrogen and oxygen atoms in total. The third-order valence-electron chi connectivity index (χ3n) is 18.4. The highest BCUT2D eigenvalue weighted by Gasteiger charge is 2.59. The maximum Gasteiger partial charge on any atom is 0.252 e. The van der Waals surface area contributed by atoms with Crippen LogP contribution in [0.2, 0.25) is 0 Å². The van der Waals surface area contributed by atoms with Crippen molar-refractivity contribution in [2.45, 2.75) is 130 Å². The van der Waals surface area contributed by atoms with E-state index in [1.807, 2.05) is 0 Å². The van der Waals surface area contributed by atoms with Gasteiger partial charge in [0.05, 0.1) is 16.9 Å². The fraction of sp³-hybridized carbons (Fsp3) is 0.304. The molecule has 74 heavy (non-hydrogen) atoms. The Hall–Kier alpha value is -6.98. The van der Waals surface area contributed by atoms with Gasteiger partial charge in [-0.25, -0.2) is 0 Å². The average molecular weight is 967 g/mol. The van der Waals surface area contributed by atoms with Gasteiger partial charge in [0.25, 0.3) is 6.71 Å². The van der Waals surface area contributed by atoms with Crippen molar-refractivity contribution < 1.29 is 0 Å². The van der Waals surface area contributed by atoms with Gasteiger partial charge in [0.1, 0.15) is 0 Å². The van der Waals surface area contributed by atoms with Crippen molar-refractivity contribution in [1.29, 1.82) is 0 Å². The van der Waals surface area contributed by atoms with E-state index in [9.17, 15) is 0 Å². The smallest absolute Gasteiger partial charge is 0.252 e. The predicted octanol–water partition coefficient (Wildman–Crippen LogP) is 16.1. The number of hydrogen-bond acceptors (Lipinski definition) is 4. The van der Waals surface area contributed by atoms with Gasteiger partial charge in [0, 0.05) is 56.4 Å². The highest BCUT2D eigenvalue weighted by molar-refractivity contribution is 7.00. The zero-order chi connectivity index (χ0) is 51.4. The Morgan fingerprint density at radius 1 is 0.500 bits per heavy atom. The number of anilines is 9. The molecule has 0 amide bonds. The van der Waals surface area contributed by atoms with Crippen LogP contribution in [0.5, 0.6) is 0 Å². The Morgan fingerprint density at radius 2 is 1.03 bits per heavy atom. The number of benzene rings is 8. The monoisotopic (exact) mass is 967 g/mol. The fourth-order valence-corrected chi connectivity index (χ4v) is 14.4. The first-order valence-corrected chi connectivity index (χ1v) is 27.4. The summed E-state index contributed by atoms with van der Waals surface area (Å²) >= 11 is 0. The molecule has 5 aliphatic rings. The van der Waals surface area contributed by atoms with E-state index in [2.05, 4.69) is 249 Å². The van der Waals surface area contributed by atoms with Gasteiger partial charge in [-0.15, -0.1) is 0 Å². The van der Waals surface area contributed by atoms with E-state index in [1.165, 1.54) is 124 Å². The molecule has 8 aromatic carbocycles. The first-order valence-electron chi connectivity index (χ1n) is 27.4. The molecule has 3 heterocycles. The van der Waals surface area contributed by atoms with E-state index in [0.717, 1.165) is 31.4 Å². The first-order chi connectivity index (χ1) is 35.2. The molecule has 0 bridgehead atoms. The molecule has 3 aliphatic heterocycles. The summed E-state index contributed by atoms with van der Waals surface area (Å²) in [5, 5.41) is 0. The third kappa shape index (κ3) is 6.94. The minimum atomic E-state index is -0.115. The Kier molecular flexibility index (Phi) is 10.1. The molecule has 2 N–H and O–H groups in total. The fourth-order valence-electron chi connectivity index (χ4n) is 14.4. The number of hydrogen-bond donors (Lipinski definition) is 1. The number of fused-ring (bicyclic) bond motifs is 8. The molecule has 2 unspecified atom stereocenters. The molecule has 2 aliphatic carbocycles. The van der Waals surface area contributed by atoms with Gasteiger partial charge in [-0.1, -0.05) is 148 Å². The van der Waals surface area contributed by atoms with Crippen molar-refractivity contribution in [2.24, 2.45) is 5.41 Å². The first kappa shape index (κ1) is 46.8. The predicted molar refractivity (Wildman–Crippen MR) is 317 cm³/mol. The normalized spacial score (nSPS) is 20.0. The molecular weight excluding hydrogens is 896 g/mol. The van der Waals surface area contributed by atoms with Crippen LogP contribution in [0.25, 0.3) is 22.3 Å². The molecule has 13 rings (SSSR count). The molecule has 2 atom stereocenters. The number of aryl methyl sites for hydroxylation is 1. The molecule has 5 heteroatoms. The SMILES string of the molecule is Cc1cc2c3c(c1)N(c1ccc(C(C)(C)C)cc1-c1ccccc1)c1cc4c(cc1B3c1cc(N3c5ccc(N)cc5C5(C)CCCC35C)ccc1N2c1ccc(C(C)(C)C)cc1-c1ccccc1)CC(C)(C)C4. The highest BCUT2D eigenvalue weighted by atomic mass is 15.3. The Bertz CT molecular complexity index is 3620. The van der Waals surface area contributed by atoms with E-state index >= 15 is 0 Å². The molecule has 1 saturated carbocycles. The van der Waals surface area contributed by atoms with Crippen LogP contribution in [0.3, 0.4) is 0 Å². The number of rotatable bonds is 5. The molecule has 0 spiro atoms. The number of nitrogens with zero attached hydrogens (tertiary/aromatic N) is 3. The zero-order valence-corrected chi connectivity index (χ0v) is 45.5. The second kappa shape index (κ2) is 16.0. The summed E-state index contributed by atoms with van der Waals surface area (Å²) in [5.74, 6) is 0. The lowest BCUT2D eigenvalue weighted by molar-refractivity contribution is 0.330. The van der Waals surface area contributed by atoms with E-state index in [1.54, 1.807) is 0 Å². The highest BCUT2D eigenvalue weighted by Crippen LogP contribution is 2.63. The van der Waals surface area contributed by atoms with Crippen molar-refractivity contribution in [3.8, 4) is 22.3 Å². The van der Waals surface area contributed by atoms with Gasteiger partial charge in [-0.05, 0) is 196 Å². The van der Waals surface area contributed by atoms with E-state index in [-0.39, 0.29) is 33.9 Å². The van der Waals surface area contributed by atoms with Crippen molar-refractivity contribution >= 4 is 74.3 Å². The van der Waals surface area contributed by atoms with Gasteiger partial charge >= 0.3 is 0 Å². The van der Waals surface area contributed by atoms with Crippen LogP contribution in [0.1, 0.15) is 122 Å². The summed E-state index contributed by atoms with van der Waals surface area (Å²) < 4.78 is 0. The van der Waals surface area contributed by atoms with Crippen molar-refractivity contribution in [1.82, 2.24) is 0 Å². The van der Waals surface area contributed by atoms with Crippen molar-refractivity contribution in [3.63, 3.8) is 0 Å². The molecule has 0 radical (unpaired) electrons. The maximum atomic E-state index is 6.66. The molecule has 1 fully saturated rings. The summed E-state index contributed by atoms with van der Waals surface area (Å²) in [6.07, 6.45) is 5.58. The van der Waals surface area contributed by atoms with Crippen LogP contribution >= 0.6 is 0 Å². The summed E-state index contributed by atoms with van der Waals surface area (Å²) in [7, 11) is 0. The molecule has 0 aromatic heterocycles. The van der Waals surface area contributed by atoms with Gasteiger partial charge < -0.3 is 20.4 Å². The van der Waals surface area contributed by atoms with Crippen LogP contribution in [0.15, 0.2) is 158 Å². The largest absolute Gasteiger partial charge is 0.399 e. The second-order valence-corrected chi connectivity index (χ2v) is 26.0. The van der Waals surface area contributed by atoms with Gasteiger partial charge in [-0.3, -0.25) is 0 Å². The average Bonchev–Trinajstić information content (AvgIpc) is 3.96. The summed E-state index contributed by atoms with van der Waals surface area (Å²) in [5.41, 5.74) is 34.7. The lowest BCUT2D eigenvalue weighted by Gasteiger charge is -2.46. The van der Waals surface area contributed by atoms with Crippen LogP contribution < -0.4 is 36.8 Å². The molecular formula is C69H71BN4. The van der Waals surface area contributed by atoms with E-state index < -0.39 is 0 Å². The lowest BCUT2D eigenvalue weighted by Crippen LogP contribution is -2.61. The van der Waals surface area contributed by atoms with Crippen LogP contribution in [0, 0.1) is 12.3 Å². The topological polar surface area (TPSA) is 35.7 Å². The minimum Gasteiger partial charge on any atom is -0.399 e.